The van der Waals surface area contributed by atoms with Crippen LogP contribution in [0.4, 0.5) is 0 Å². The average Bonchev–Trinajstić information content (AvgIpc) is 3.23. The Bertz CT molecular complexity index is 817. The number of nitrogens with one attached hydrogen (secondary N) is 3. The number of carbonyl (C=O) groups is 4. The standard InChI is InChI=1S/C19H21N3O6/c1-12(2)16(20-18(25)14-9-6-10-27-14)19(26)28-11-15(23)21-22-17(24)13-7-4-3-5-8-13/h3-10,12,16H,11H2,1-2H3,(H,20,25)(H,21,23)(H,22,24)/t16-/m0/s1. The van der Waals surface area contributed by atoms with E-state index in [1.807, 2.05) is 0 Å². The first-order valence-electron chi connectivity index (χ1n) is 8.53. The van der Waals surface area contributed by atoms with Gasteiger partial charge in [0.25, 0.3) is 17.7 Å². The van der Waals surface area contributed by atoms with E-state index in [1.165, 1.54) is 12.3 Å². The molecule has 1 aromatic heterocycles. The van der Waals surface area contributed by atoms with Gasteiger partial charge >= 0.3 is 5.97 Å². The lowest BCUT2D eigenvalue weighted by atomic mass is 10.0. The minimum Gasteiger partial charge on any atom is -0.459 e. The fraction of sp³-hybridized carbons (Fsp3) is 0.263. The van der Waals surface area contributed by atoms with Crippen molar-refractivity contribution in [2.45, 2.75) is 19.9 Å². The third-order valence-corrected chi connectivity index (χ3v) is 3.65. The maximum atomic E-state index is 12.2. The van der Waals surface area contributed by atoms with Gasteiger partial charge in [-0.15, -0.1) is 0 Å². The Morgan fingerprint density at radius 1 is 0.964 bits per heavy atom. The molecule has 148 valence electrons. The molecular weight excluding hydrogens is 366 g/mol. The second kappa shape index (κ2) is 9.91. The van der Waals surface area contributed by atoms with Crippen molar-refractivity contribution in [2.24, 2.45) is 5.92 Å². The molecule has 0 saturated heterocycles. The van der Waals surface area contributed by atoms with Crippen molar-refractivity contribution in [1.82, 2.24) is 16.2 Å². The second-order valence-corrected chi connectivity index (χ2v) is 6.15. The van der Waals surface area contributed by atoms with Crippen LogP contribution in [-0.4, -0.2) is 36.3 Å². The van der Waals surface area contributed by atoms with Gasteiger partial charge in [0.15, 0.2) is 12.4 Å². The van der Waals surface area contributed by atoms with Gasteiger partial charge in [0, 0.05) is 5.56 Å². The molecule has 0 aliphatic carbocycles. The van der Waals surface area contributed by atoms with Crippen LogP contribution in [0.3, 0.4) is 0 Å². The molecule has 0 fully saturated rings. The zero-order chi connectivity index (χ0) is 20.5. The summed E-state index contributed by atoms with van der Waals surface area (Å²) in [7, 11) is 0. The minimum absolute atomic E-state index is 0.0554. The zero-order valence-corrected chi connectivity index (χ0v) is 15.4. The highest BCUT2D eigenvalue weighted by Crippen LogP contribution is 2.07. The van der Waals surface area contributed by atoms with Crippen LogP contribution >= 0.6 is 0 Å². The van der Waals surface area contributed by atoms with Crippen molar-refractivity contribution >= 4 is 23.7 Å². The third-order valence-electron chi connectivity index (χ3n) is 3.65. The van der Waals surface area contributed by atoms with Crippen LogP contribution in [0.1, 0.15) is 34.8 Å². The van der Waals surface area contributed by atoms with E-state index in [0.717, 1.165) is 0 Å². The maximum Gasteiger partial charge on any atom is 0.329 e. The Hall–Kier alpha value is -3.62. The molecular formula is C19H21N3O6. The molecule has 28 heavy (non-hydrogen) atoms. The van der Waals surface area contributed by atoms with Crippen molar-refractivity contribution in [3.8, 4) is 0 Å². The van der Waals surface area contributed by atoms with Crippen molar-refractivity contribution in [3.05, 3.63) is 60.1 Å². The number of hydrazine groups is 1. The Labute approximate surface area is 161 Å². The van der Waals surface area contributed by atoms with Gasteiger partial charge in [-0.2, -0.15) is 0 Å². The van der Waals surface area contributed by atoms with E-state index < -0.39 is 36.3 Å². The van der Waals surface area contributed by atoms with Crippen molar-refractivity contribution < 1.29 is 28.3 Å². The highest BCUT2D eigenvalue weighted by molar-refractivity contribution is 5.96. The first-order chi connectivity index (χ1) is 13.4. The number of benzene rings is 1. The van der Waals surface area contributed by atoms with Crippen molar-refractivity contribution in [3.63, 3.8) is 0 Å². The van der Waals surface area contributed by atoms with E-state index in [-0.39, 0.29) is 11.7 Å². The van der Waals surface area contributed by atoms with E-state index in [4.69, 9.17) is 9.15 Å². The predicted octanol–water partition coefficient (Wildman–Crippen LogP) is 1.04. The summed E-state index contributed by atoms with van der Waals surface area (Å²) in [5.41, 5.74) is 4.72. The molecule has 9 heteroatoms. The van der Waals surface area contributed by atoms with Crippen molar-refractivity contribution in [1.29, 1.82) is 0 Å². The summed E-state index contributed by atoms with van der Waals surface area (Å²) in [6, 6.07) is 10.3. The number of esters is 1. The topological polar surface area (TPSA) is 127 Å². The zero-order valence-electron chi connectivity index (χ0n) is 15.4. The molecule has 1 aromatic carbocycles. The fourth-order valence-electron chi connectivity index (χ4n) is 2.17. The summed E-state index contributed by atoms with van der Waals surface area (Å²) in [6.45, 7) is 2.82. The van der Waals surface area contributed by atoms with Crippen molar-refractivity contribution in [2.75, 3.05) is 6.61 Å². The summed E-state index contributed by atoms with van der Waals surface area (Å²) in [5.74, 6) is -2.81. The predicted molar refractivity (Wildman–Crippen MR) is 97.8 cm³/mol. The molecule has 0 unspecified atom stereocenters. The lowest BCUT2D eigenvalue weighted by Gasteiger charge is -2.20. The molecule has 3 N–H and O–H groups in total. The molecule has 0 radical (unpaired) electrons. The van der Waals surface area contributed by atoms with E-state index in [9.17, 15) is 19.2 Å². The van der Waals surface area contributed by atoms with E-state index in [2.05, 4.69) is 16.2 Å². The summed E-state index contributed by atoms with van der Waals surface area (Å²) in [4.78, 5) is 47.9. The molecule has 2 rings (SSSR count). The SMILES string of the molecule is CC(C)[C@H](NC(=O)c1ccco1)C(=O)OCC(=O)NNC(=O)c1ccccc1. The highest BCUT2D eigenvalue weighted by atomic mass is 16.5. The smallest absolute Gasteiger partial charge is 0.329 e. The third kappa shape index (κ3) is 5.97. The highest BCUT2D eigenvalue weighted by Gasteiger charge is 2.27. The number of hydrogen-bond acceptors (Lipinski definition) is 6. The van der Waals surface area contributed by atoms with Gasteiger partial charge in [0.2, 0.25) is 0 Å². The van der Waals surface area contributed by atoms with Crippen LogP contribution in [0.25, 0.3) is 0 Å². The Morgan fingerprint density at radius 2 is 1.68 bits per heavy atom. The van der Waals surface area contributed by atoms with Gasteiger partial charge in [0.05, 0.1) is 6.26 Å². The van der Waals surface area contributed by atoms with E-state index in [0.29, 0.717) is 5.56 Å². The number of carbonyl (C=O) groups excluding carboxylic acids is 4. The van der Waals surface area contributed by atoms with Gasteiger partial charge in [-0.3, -0.25) is 25.2 Å². The van der Waals surface area contributed by atoms with Crippen LogP contribution in [0.15, 0.2) is 53.1 Å². The number of hydrogen-bond donors (Lipinski definition) is 3. The normalized spacial score (nSPS) is 11.4. The average molecular weight is 387 g/mol. The first kappa shape index (κ1) is 20.7. The van der Waals surface area contributed by atoms with Gasteiger partial charge in [-0.25, -0.2) is 4.79 Å². The molecule has 0 spiro atoms. The van der Waals surface area contributed by atoms with Gasteiger partial charge in [-0.05, 0) is 30.2 Å². The summed E-state index contributed by atoms with van der Waals surface area (Å²) < 4.78 is 9.91. The number of rotatable bonds is 7. The minimum atomic E-state index is -0.968. The fourth-order valence-corrected chi connectivity index (χ4v) is 2.17. The molecule has 1 heterocycles. The molecule has 0 aliphatic rings. The number of ether oxygens (including phenoxy) is 1. The summed E-state index contributed by atoms with van der Waals surface area (Å²) in [6.07, 6.45) is 1.34. The second-order valence-electron chi connectivity index (χ2n) is 6.15. The Kier molecular flexibility index (Phi) is 7.32. The Balaban J connectivity index is 1.80. The van der Waals surface area contributed by atoms with Gasteiger partial charge in [0.1, 0.15) is 6.04 Å². The molecule has 1 atom stereocenters. The quantitative estimate of drug-likeness (QED) is 0.481. The number of amides is 3. The monoisotopic (exact) mass is 387 g/mol. The summed E-state index contributed by atoms with van der Waals surface area (Å²) >= 11 is 0. The molecule has 0 bridgehead atoms. The number of furan rings is 1. The van der Waals surface area contributed by atoms with Crippen LogP contribution in [0.5, 0.6) is 0 Å². The molecule has 0 aliphatic heterocycles. The lowest BCUT2D eigenvalue weighted by molar-refractivity contribution is -0.151. The van der Waals surface area contributed by atoms with Crippen LogP contribution < -0.4 is 16.2 Å². The van der Waals surface area contributed by atoms with Crippen LogP contribution in [0, 0.1) is 5.92 Å². The molecule has 3 amide bonds. The van der Waals surface area contributed by atoms with Gasteiger partial charge < -0.3 is 14.5 Å². The van der Waals surface area contributed by atoms with E-state index >= 15 is 0 Å². The summed E-state index contributed by atoms with van der Waals surface area (Å²) in [5, 5.41) is 2.51. The largest absolute Gasteiger partial charge is 0.459 e. The maximum absolute atomic E-state index is 12.2. The first-order valence-corrected chi connectivity index (χ1v) is 8.53. The lowest BCUT2D eigenvalue weighted by Crippen LogP contribution is -2.47. The van der Waals surface area contributed by atoms with Crippen LogP contribution in [-0.2, 0) is 14.3 Å². The molecule has 0 saturated carbocycles. The molecule has 2 aromatic rings. The Morgan fingerprint density at radius 3 is 2.29 bits per heavy atom. The molecule has 9 nitrogen and oxygen atoms in total. The van der Waals surface area contributed by atoms with E-state index in [1.54, 1.807) is 50.2 Å². The van der Waals surface area contributed by atoms with Gasteiger partial charge in [-0.1, -0.05) is 32.0 Å². The van der Waals surface area contributed by atoms with Crippen LogP contribution in [0.2, 0.25) is 0 Å².